The van der Waals surface area contributed by atoms with Crippen LogP contribution in [0.3, 0.4) is 0 Å². The summed E-state index contributed by atoms with van der Waals surface area (Å²) in [7, 11) is 0. The quantitative estimate of drug-likeness (QED) is 0.748. The monoisotopic (exact) mass is 221 g/mol. The summed E-state index contributed by atoms with van der Waals surface area (Å²) >= 11 is 1.41. The second-order valence-electron chi connectivity index (χ2n) is 3.46. The van der Waals surface area contributed by atoms with Gasteiger partial charge in [-0.1, -0.05) is 0 Å². The smallest absolute Gasteiger partial charge is 0.160 e. The first kappa shape index (κ1) is 10.1. The normalized spacial score (nSPS) is 10.9. The van der Waals surface area contributed by atoms with Gasteiger partial charge < -0.3 is 4.74 Å². The number of carbonyl (C=O) groups is 1. The number of hydrogen-bond donors (Lipinski definition) is 0. The van der Waals surface area contributed by atoms with Gasteiger partial charge >= 0.3 is 0 Å². The van der Waals surface area contributed by atoms with Crippen molar-refractivity contribution in [1.29, 1.82) is 0 Å². The Morgan fingerprint density at radius 3 is 3.00 bits per heavy atom. The molecule has 2 rings (SSSR count). The molecule has 0 aliphatic carbocycles. The van der Waals surface area contributed by atoms with E-state index >= 15 is 0 Å². The van der Waals surface area contributed by atoms with Crippen LogP contribution in [0.4, 0.5) is 0 Å². The maximum absolute atomic E-state index is 10.7. The van der Waals surface area contributed by atoms with E-state index in [0.29, 0.717) is 4.88 Å². The van der Waals surface area contributed by atoms with Crippen molar-refractivity contribution < 1.29 is 9.53 Å². The first-order valence-corrected chi connectivity index (χ1v) is 5.52. The maximum Gasteiger partial charge on any atom is 0.160 e. The van der Waals surface area contributed by atoms with Gasteiger partial charge in [-0.15, -0.1) is 11.3 Å². The van der Waals surface area contributed by atoms with Gasteiger partial charge in [-0.2, -0.15) is 0 Å². The van der Waals surface area contributed by atoms with Crippen molar-refractivity contribution in [2.45, 2.75) is 20.0 Å². The van der Waals surface area contributed by atoms with Crippen LogP contribution in [-0.2, 0) is 0 Å². The number of aromatic nitrogens is 1. The van der Waals surface area contributed by atoms with E-state index < -0.39 is 0 Å². The predicted octanol–water partition coefficient (Wildman–Crippen LogP) is 2.90. The van der Waals surface area contributed by atoms with E-state index in [1.165, 1.54) is 11.3 Å². The van der Waals surface area contributed by atoms with Gasteiger partial charge in [0.25, 0.3) is 0 Å². The minimum Gasteiger partial charge on any atom is -0.489 e. The summed E-state index contributed by atoms with van der Waals surface area (Å²) in [6.45, 7) is 3.95. The second-order valence-corrected chi connectivity index (χ2v) is 4.54. The van der Waals surface area contributed by atoms with Crippen molar-refractivity contribution in [3.05, 3.63) is 23.2 Å². The van der Waals surface area contributed by atoms with Crippen LogP contribution in [0.1, 0.15) is 23.5 Å². The molecule has 0 aromatic carbocycles. The molecule has 0 saturated heterocycles. The van der Waals surface area contributed by atoms with Crippen LogP contribution in [0.5, 0.6) is 5.75 Å². The lowest BCUT2D eigenvalue weighted by Crippen LogP contribution is -2.05. The molecule has 15 heavy (non-hydrogen) atoms. The van der Waals surface area contributed by atoms with Crippen molar-refractivity contribution in [1.82, 2.24) is 4.98 Å². The molecule has 2 aromatic heterocycles. The van der Waals surface area contributed by atoms with Crippen molar-refractivity contribution in [3.63, 3.8) is 0 Å². The summed E-state index contributed by atoms with van der Waals surface area (Å²) in [6, 6.07) is 3.60. The fourth-order valence-electron chi connectivity index (χ4n) is 1.34. The molecule has 0 unspecified atom stereocenters. The molecule has 0 saturated carbocycles. The lowest BCUT2D eigenvalue weighted by Gasteiger charge is -2.09. The molecule has 4 heteroatoms. The van der Waals surface area contributed by atoms with Crippen LogP contribution >= 0.6 is 11.3 Å². The molecular weight excluding hydrogens is 210 g/mol. The van der Waals surface area contributed by atoms with Crippen LogP contribution in [0.25, 0.3) is 10.2 Å². The highest BCUT2D eigenvalue weighted by atomic mass is 32.1. The first-order valence-electron chi connectivity index (χ1n) is 4.71. The summed E-state index contributed by atoms with van der Waals surface area (Å²) in [5, 5.41) is 0. The van der Waals surface area contributed by atoms with Gasteiger partial charge in [0.2, 0.25) is 0 Å². The first-order chi connectivity index (χ1) is 7.20. The lowest BCUT2D eigenvalue weighted by atomic mass is 10.3. The maximum atomic E-state index is 10.7. The Balaban J connectivity index is 2.54. The SMILES string of the molecule is CC(C)Oc1ccnc2cc(C=O)sc12. The van der Waals surface area contributed by atoms with Gasteiger partial charge in [-0.25, -0.2) is 0 Å². The minimum absolute atomic E-state index is 0.123. The lowest BCUT2D eigenvalue weighted by molar-refractivity contribution is 0.112. The highest BCUT2D eigenvalue weighted by molar-refractivity contribution is 7.20. The van der Waals surface area contributed by atoms with Gasteiger partial charge in [-0.05, 0) is 26.0 Å². The molecule has 0 radical (unpaired) electrons. The summed E-state index contributed by atoms with van der Waals surface area (Å²) < 4.78 is 6.58. The molecule has 78 valence electrons. The average Bonchev–Trinajstić information content (AvgIpc) is 2.61. The van der Waals surface area contributed by atoms with Gasteiger partial charge in [0.15, 0.2) is 6.29 Å². The Morgan fingerprint density at radius 2 is 2.33 bits per heavy atom. The van der Waals surface area contributed by atoms with Crippen LogP contribution in [0.15, 0.2) is 18.3 Å². The predicted molar refractivity (Wildman–Crippen MR) is 60.8 cm³/mol. The number of hydrogen-bond acceptors (Lipinski definition) is 4. The summed E-state index contributed by atoms with van der Waals surface area (Å²) in [5.74, 6) is 0.799. The fraction of sp³-hybridized carbons (Fsp3) is 0.273. The third-order valence-corrected chi connectivity index (χ3v) is 2.94. The van der Waals surface area contributed by atoms with Crippen molar-refractivity contribution in [2.24, 2.45) is 0 Å². The van der Waals surface area contributed by atoms with Crippen molar-refractivity contribution >= 4 is 27.8 Å². The molecule has 3 nitrogen and oxygen atoms in total. The van der Waals surface area contributed by atoms with Crippen LogP contribution in [-0.4, -0.2) is 17.4 Å². The third-order valence-electron chi connectivity index (χ3n) is 1.87. The third kappa shape index (κ3) is 1.99. The number of rotatable bonds is 3. The van der Waals surface area contributed by atoms with E-state index in [0.717, 1.165) is 22.3 Å². The summed E-state index contributed by atoms with van der Waals surface area (Å²) in [4.78, 5) is 15.5. The molecule has 0 aliphatic heterocycles. The van der Waals surface area contributed by atoms with E-state index in [4.69, 9.17) is 4.74 Å². The molecular formula is C11H11NO2S. The largest absolute Gasteiger partial charge is 0.489 e. The molecule has 0 bridgehead atoms. The van der Waals surface area contributed by atoms with E-state index in [-0.39, 0.29) is 6.10 Å². The molecule has 0 aliphatic rings. The minimum atomic E-state index is 0.123. The molecule has 0 amide bonds. The summed E-state index contributed by atoms with van der Waals surface area (Å²) in [5.41, 5.74) is 0.820. The Bertz CT molecular complexity index is 490. The highest BCUT2D eigenvalue weighted by Gasteiger charge is 2.08. The van der Waals surface area contributed by atoms with E-state index in [1.807, 2.05) is 19.9 Å². The molecule has 2 heterocycles. The number of aldehydes is 1. The Hall–Kier alpha value is -1.42. The number of ether oxygens (including phenoxy) is 1. The number of pyridine rings is 1. The molecule has 0 spiro atoms. The average molecular weight is 221 g/mol. The zero-order valence-electron chi connectivity index (χ0n) is 8.56. The van der Waals surface area contributed by atoms with E-state index in [9.17, 15) is 4.79 Å². The van der Waals surface area contributed by atoms with Crippen LogP contribution in [0, 0.1) is 0 Å². The molecule has 2 aromatic rings. The van der Waals surface area contributed by atoms with E-state index in [1.54, 1.807) is 12.3 Å². The van der Waals surface area contributed by atoms with Gasteiger partial charge in [0.05, 0.1) is 21.2 Å². The number of carbonyl (C=O) groups excluding carboxylic acids is 1. The van der Waals surface area contributed by atoms with Gasteiger partial charge in [0.1, 0.15) is 5.75 Å². The standard InChI is InChI=1S/C11H11NO2S/c1-7(2)14-10-3-4-12-9-5-8(6-13)15-11(9)10/h3-7H,1-2H3. The zero-order valence-corrected chi connectivity index (χ0v) is 9.38. The van der Waals surface area contributed by atoms with Gasteiger partial charge in [-0.3, -0.25) is 9.78 Å². The van der Waals surface area contributed by atoms with Crippen LogP contribution < -0.4 is 4.74 Å². The van der Waals surface area contributed by atoms with Crippen molar-refractivity contribution in [2.75, 3.05) is 0 Å². The summed E-state index contributed by atoms with van der Waals surface area (Å²) in [6.07, 6.45) is 2.66. The molecule has 0 N–H and O–H groups in total. The topological polar surface area (TPSA) is 39.2 Å². The highest BCUT2D eigenvalue weighted by Crippen LogP contribution is 2.31. The van der Waals surface area contributed by atoms with Crippen LogP contribution in [0.2, 0.25) is 0 Å². The fourth-order valence-corrected chi connectivity index (χ4v) is 2.23. The number of thiophene rings is 1. The number of nitrogens with zero attached hydrogens (tertiary/aromatic N) is 1. The van der Waals surface area contributed by atoms with Crippen molar-refractivity contribution in [3.8, 4) is 5.75 Å². The molecule has 0 atom stereocenters. The van der Waals surface area contributed by atoms with Gasteiger partial charge in [0, 0.05) is 6.20 Å². The Labute approximate surface area is 91.7 Å². The number of fused-ring (bicyclic) bond motifs is 1. The molecule has 0 fully saturated rings. The second kappa shape index (κ2) is 3.98. The Kier molecular flexibility index (Phi) is 2.68. The van der Waals surface area contributed by atoms with E-state index in [2.05, 4.69) is 4.98 Å². The Morgan fingerprint density at radius 1 is 1.53 bits per heavy atom. The zero-order chi connectivity index (χ0) is 10.8.